The summed E-state index contributed by atoms with van der Waals surface area (Å²) in [5.41, 5.74) is 3.45. The zero-order valence-corrected chi connectivity index (χ0v) is 9.62. The Morgan fingerprint density at radius 2 is 2.38 bits per heavy atom. The number of esters is 1. The molecular weight excluding hydrogens is 202 g/mol. The highest BCUT2D eigenvalue weighted by atomic mass is 16.5. The minimum absolute atomic E-state index is 0.273. The average Bonchev–Trinajstić information content (AvgIpc) is 2.28. The summed E-state index contributed by atoms with van der Waals surface area (Å²) in [6.45, 7) is 4.05. The number of hydrogen-bond donors (Lipinski definition) is 0. The minimum atomic E-state index is -0.273. The maximum absolute atomic E-state index is 11.7. The molecular formula is C13H15NO2. The third-order valence-corrected chi connectivity index (χ3v) is 2.68. The molecule has 0 spiro atoms. The molecule has 0 fully saturated rings. The van der Waals surface area contributed by atoms with Crippen molar-refractivity contribution >= 4 is 12.0 Å². The van der Waals surface area contributed by atoms with Crippen LogP contribution in [0.1, 0.15) is 40.7 Å². The molecule has 0 radical (unpaired) electrons. The average molecular weight is 217 g/mol. The fourth-order valence-corrected chi connectivity index (χ4v) is 1.86. The molecule has 1 heterocycles. The van der Waals surface area contributed by atoms with Crippen molar-refractivity contribution in [3.63, 3.8) is 0 Å². The molecule has 0 aromatic carbocycles. The van der Waals surface area contributed by atoms with Crippen LogP contribution in [0.2, 0.25) is 0 Å². The van der Waals surface area contributed by atoms with Gasteiger partial charge < -0.3 is 4.74 Å². The lowest BCUT2D eigenvalue weighted by Crippen LogP contribution is -2.11. The van der Waals surface area contributed by atoms with E-state index in [0.29, 0.717) is 12.2 Å². The number of carbonyl (C=O) groups excluding carboxylic acids is 1. The summed E-state index contributed by atoms with van der Waals surface area (Å²) in [5, 5.41) is 0. The van der Waals surface area contributed by atoms with Gasteiger partial charge in [0.2, 0.25) is 0 Å². The Balaban J connectivity index is 2.40. The molecule has 0 aliphatic heterocycles. The van der Waals surface area contributed by atoms with Crippen molar-refractivity contribution in [3.8, 4) is 0 Å². The zero-order chi connectivity index (χ0) is 11.5. The summed E-state index contributed by atoms with van der Waals surface area (Å²) in [5.74, 6) is -0.273. The Bertz CT molecular complexity index is 449. The topological polar surface area (TPSA) is 39.2 Å². The maximum atomic E-state index is 11.7. The van der Waals surface area contributed by atoms with Crippen molar-refractivity contribution in [2.45, 2.75) is 26.7 Å². The normalized spacial score (nSPS) is 13.4. The second kappa shape index (κ2) is 4.47. The van der Waals surface area contributed by atoms with Crippen molar-refractivity contribution in [1.29, 1.82) is 0 Å². The summed E-state index contributed by atoms with van der Waals surface area (Å²) < 4.78 is 5.00. The molecule has 2 rings (SSSR count). The smallest absolute Gasteiger partial charge is 0.339 e. The van der Waals surface area contributed by atoms with E-state index in [2.05, 4.69) is 11.1 Å². The van der Waals surface area contributed by atoms with Crippen LogP contribution < -0.4 is 0 Å². The maximum Gasteiger partial charge on any atom is 0.339 e. The minimum Gasteiger partial charge on any atom is -0.462 e. The fourth-order valence-electron chi connectivity index (χ4n) is 1.86. The summed E-state index contributed by atoms with van der Waals surface area (Å²) >= 11 is 0. The second-order valence-electron chi connectivity index (χ2n) is 3.83. The predicted molar refractivity (Wildman–Crippen MR) is 62.3 cm³/mol. The molecule has 0 bridgehead atoms. The number of hydrogen-bond acceptors (Lipinski definition) is 3. The summed E-state index contributed by atoms with van der Waals surface area (Å²) in [6.07, 6.45) is 6.09. The Morgan fingerprint density at radius 1 is 1.56 bits per heavy atom. The first-order valence-corrected chi connectivity index (χ1v) is 5.56. The molecule has 0 amide bonds. The van der Waals surface area contributed by atoms with E-state index in [-0.39, 0.29) is 5.97 Å². The van der Waals surface area contributed by atoms with E-state index >= 15 is 0 Å². The molecule has 3 heteroatoms. The number of rotatable bonds is 2. The van der Waals surface area contributed by atoms with Crippen LogP contribution in [0.4, 0.5) is 0 Å². The molecule has 0 saturated heterocycles. The van der Waals surface area contributed by atoms with E-state index < -0.39 is 0 Å². The van der Waals surface area contributed by atoms with Crippen molar-refractivity contribution < 1.29 is 9.53 Å². The molecule has 0 saturated carbocycles. The van der Waals surface area contributed by atoms with E-state index in [0.717, 1.165) is 29.8 Å². The first-order valence-electron chi connectivity index (χ1n) is 5.56. The lowest BCUT2D eigenvalue weighted by molar-refractivity contribution is 0.0525. The van der Waals surface area contributed by atoms with Crippen LogP contribution in [-0.2, 0) is 11.2 Å². The van der Waals surface area contributed by atoms with Crippen LogP contribution in [0, 0.1) is 6.92 Å². The number of nitrogens with zero attached hydrogens (tertiary/aromatic N) is 1. The van der Waals surface area contributed by atoms with Gasteiger partial charge in [-0.2, -0.15) is 0 Å². The lowest BCUT2D eigenvalue weighted by atomic mass is 9.99. The molecule has 1 aliphatic carbocycles. The molecule has 0 N–H and O–H groups in total. The Labute approximate surface area is 95.2 Å². The highest BCUT2D eigenvalue weighted by Crippen LogP contribution is 2.20. The van der Waals surface area contributed by atoms with Gasteiger partial charge in [-0.15, -0.1) is 0 Å². The molecule has 16 heavy (non-hydrogen) atoms. The molecule has 0 atom stereocenters. The number of fused-ring (bicyclic) bond motifs is 1. The Morgan fingerprint density at radius 3 is 3.12 bits per heavy atom. The van der Waals surface area contributed by atoms with Crippen molar-refractivity contribution in [3.05, 3.63) is 34.7 Å². The number of carbonyl (C=O) groups is 1. The van der Waals surface area contributed by atoms with Crippen LogP contribution in [-0.4, -0.2) is 17.6 Å². The van der Waals surface area contributed by atoms with E-state index in [4.69, 9.17) is 4.74 Å². The molecule has 1 aromatic heterocycles. The van der Waals surface area contributed by atoms with Crippen molar-refractivity contribution in [2.24, 2.45) is 0 Å². The number of aromatic nitrogens is 1. The molecule has 1 aliphatic rings. The van der Waals surface area contributed by atoms with Gasteiger partial charge in [-0.3, -0.25) is 4.98 Å². The molecule has 84 valence electrons. The number of ether oxygens (including phenoxy) is 1. The Hall–Kier alpha value is -1.64. The summed E-state index contributed by atoms with van der Waals surface area (Å²) in [4.78, 5) is 16.1. The largest absolute Gasteiger partial charge is 0.462 e. The number of aryl methyl sites for hydroxylation is 2. The van der Waals surface area contributed by atoms with Gasteiger partial charge in [-0.1, -0.05) is 6.08 Å². The predicted octanol–water partition coefficient (Wildman–Crippen LogP) is 2.53. The molecule has 3 nitrogen and oxygen atoms in total. The second-order valence-corrected chi connectivity index (χ2v) is 3.83. The highest BCUT2D eigenvalue weighted by molar-refractivity contribution is 5.91. The van der Waals surface area contributed by atoms with Gasteiger partial charge in [0.05, 0.1) is 23.6 Å². The van der Waals surface area contributed by atoms with Crippen LogP contribution in [0.5, 0.6) is 0 Å². The third-order valence-electron chi connectivity index (χ3n) is 2.68. The van der Waals surface area contributed by atoms with Gasteiger partial charge >= 0.3 is 5.97 Å². The van der Waals surface area contributed by atoms with E-state index in [1.165, 1.54) is 0 Å². The van der Waals surface area contributed by atoms with Crippen LogP contribution in [0.15, 0.2) is 12.1 Å². The summed E-state index contributed by atoms with van der Waals surface area (Å²) in [6, 6.07) is 1.92. The number of allylic oxidation sites excluding steroid dienone is 1. The van der Waals surface area contributed by atoms with Crippen LogP contribution >= 0.6 is 0 Å². The van der Waals surface area contributed by atoms with E-state index in [1.54, 1.807) is 0 Å². The quantitative estimate of drug-likeness (QED) is 0.714. The van der Waals surface area contributed by atoms with Gasteiger partial charge in [-0.05, 0) is 44.4 Å². The lowest BCUT2D eigenvalue weighted by Gasteiger charge is -2.13. The van der Waals surface area contributed by atoms with Crippen LogP contribution in [0.25, 0.3) is 6.08 Å². The first-order chi connectivity index (χ1) is 7.72. The van der Waals surface area contributed by atoms with Crippen molar-refractivity contribution in [1.82, 2.24) is 4.98 Å². The Kier molecular flexibility index (Phi) is 3.04. The zero-order valence-electron chi connectivity index (χ0n) is 9.62. The van der Waals surface area contributed by atoms with Gasteiger partial charge in [-0.25, -0.2) is 4.79 Å². The van der Waals surface area contributed by atoms with Crippen LogP contribution in [0.3, 0.4) is 0 Å². The van der Waals surface area contributed by atoms with Gasteiger partial charge in [0.1, 0.15) is 0 Å². The first kappa shape index (κ1) is 10.9. The van der Waals surface area contributed by atoms with Gasteiger partial charge in [0.25, 0.3) is 0 Å². The molecule has 0 unspecified atom stereocenters. The highest BCUT2D eigenvalue weighted by Gasteiger charge is 2.15. The summed E-state index contributed by atoms with van der Waals surface area (Å²) in [7, 11) is 0. The third kappa shape index (κ3) is 1.98. The van der Waals surface area contributed by atoms with Gasteiger partial charge in [0.15, 0.2) is 0 Å². The van der Waals surface area contributed by atoms with Crippen molar-refractivity contribution in [2.75, 3.05) is 6.61 Å². The van der Waals surface area contributed by atoms with E-state index in [1.807, 2.05) is 26.0 Å². The SMILES string of the molecule is CCOC(=O)c1cc2c(nc1C)C=CCC2. The van der Waals surface area contributed by atoms with E-state index in [9.17, 15) is 4.79 Å². The molecule has 1 aromatic rings. The monoisotopic (exact) mass is 217 g/mol. The number of pyridine rings is 1. The van der Waals surface area contributed by atoms with Gasteiger partial charge in [0, 0.05) is 0 Å². The fraction of sp³-hybridized carbons (Fsp3) is 0.385. The standard InChI is InChI=1S/C13H15NO2/c1-3-16-13(15)11-8-10-6-4-5-7-12(10)14-9(11)2/h5,7-8H,3-4,6H2,1-2H3.